The number of hydrogen-bond donors (Lipinski definition) is 2. The fourth-order valence-electron chi connectivity index (χ4n) is 3.71. The molecule has 0 aliphatic heterocycles. The highest BCUT2D eigenvalue weighted by atomic mass is 32.2. The molecule has 6 heteroatoms. The largest absolute Gasteiger partial charge is 0.341 e. The lowest BCUT2D eigenvalue weighted by atomic mass is 9.98. The Bertz CT molecular complexity index is 1350. The first-order valence-electron chi connectivity index (χ1n) is 10.9. The van der Waals surface area contributed by atoms with Crippen LogP contribution in [0.2, 0.25) is 0 Å². The maximum Gasteiger partial charge on any atom is 0.261 e. The van der Waals surface area contributed by atoms with Gasteiger partial charge in [-0.1, -0.05) is 78.4 Å². The number of nitrogens with one attached hydrogen (secondary N) is 2. The maximum absolute atomic E-state index is 13.2. The first-order chi connectivity index (χ1) is 16.3. The van der Waals surface area contributed by atoms with Crippen LogP contribution in [0.5, 0.6) is 0 Å². The standard InChI is InChI=1S/C28H26N2O3S/c1-20-13-16-25(17-14-20)34(32,33)30-26-18-15-24(19-21(26)2)28(31)29-27(22-9-5-3-6-10-22)23-11-7-4-8-12-23/h3-19,27,30H,1-2H3,(H,29,31). The average molecular weight is 471 g/mol. The summed E-state index contributed by atoms with van der Waals surface area (Å²) in [6, 6.07) is 30.8. The zero-order valence-electron chi connectivity index (χ0n) is 19.0. The van der Waals surface area contributed by atoms with Crippen molar-refractivity contribution in [3.63, 3.8) is 0 Å². The van der Waals surface area contributed by atoms with Crippen molar-refractivity contribution < 1.29 is 13.2 Å². The molecule has 34 heavy (non-hydrogen) atoms. The molecule has 4 rings (SSSR count). The summed E-state index contributed by atoms with van der Waals surface area (Å²) in [7, 11) is -3.73. The first kappa shape index (κ1) is 23.3. The Morgan fingerprint density at radius 2 is 1.29 bits per heavy atom. The van der Waals surface area contributed by atoms with Gasteiger partial charge in [0.25, 0.3) is 15.9 Å². The molecule has 0 aliphatic rings. The second-order valence-electron chi connectivity index (χ2n) is 8.18. The van der Waals surface area contributed by atoms with Crippen LogP contribution < -0.4 is 10.0 Å². The Kier molecular flexibility index (Phi) is 6.80. The Labute approximate surface area is 200 Å². The molecule has 0 heterocycles. The van der Waals surface area contributed by atoms with E-state index in [1.165, 1.54) is 0 Å². The summed E-state index contributed by atoms with van der Waals surface area (Å²) in [4.78, 5) is 13.3. The van der Waals surface area contributed by atoms with Gasteiger partial charge in [-0.3, -0.25) is 9.52 Å². The minimum Gasteiger partial charge on any atom is -0.341 e. The molecule has 0 fully saturated rings. The number of amides is 1. The number of benzene rings is 4. The highest BCUT2D eigenvalue weighted by molar-refractivity contribution is 7.92. The Morgan fingerprint density at radius 1 is 0.735 bits per heavy atom. The lowest BCUT2D eigenvalue weighted by molar-refractivity contribution is 0.0943. The third kappa shape index (κ3) is 5.35. The molecule has 0 unspecified atom stereocenters. The molecule has 0 radical (unpaired) electrons. The molecule has 0 saturated carbocycles. The minimum absolute atomic E-state index is 0.188. The quantitative estimate of drug-likeness (QED) is 0.368. The van der Waals surface area contributed by atoms with E-state index in [-0.39, 0.29) is 16.8 Å². The van der Waals surface area contributed by atoms with Gasteiger partial charge in [-0.2, -0.15) is 0 Å². The Hall–Kier alpha value is -3.90. The number of hydrogen-bond acceptors (Lipinski definition) is 3. The Morgan fingerprint density at radius 3 is 1.82 bits per heavy atom. The van der Waals surface area contributed by atoms with Gasteiger partial charge in [0.2, 0.25) is 0 Å². The predicted octanol–water partition coefficient (Wildman–Crippen LogP) is 5.62. The van der Waals surface area contributed by atoms with Crippen molar-refractivity contribution >= 4 is 21.6 Å². The summed E-state index contributed by atoms with van der Waals surface area (Å²) in [5.41, 5.74) is 4.46. The van der Waals surface area contributed by atoms with E-state index in [2.05, 4.69) is 10.0 Å². The van der Waals surface area contributed by atoms with Gasteiger partial charge in [0.05, 0.1) is 16.6 Å². The normalized spacial score (nSPS) is 11.3. The zero-order chi connectivity index (χ0) is 24.1. The van der Waals surface area contributed by atoms with Crippen LogP contribution >= 0.6 is 0 Å². The predicted molar refractivity (Wildman–Crippen MR) is 135 cm³/mol. The molecule has 4 aromatic rings. The fraction of sp³-hybridized carbons (Fsp3) is 0.107. The summed E-state index contributed by atoms with van der Waals surface area (Å²) < 4.78 is 28.1. The topological polar surface area (TPSA) is 75.3 Å². The third-order valence-corrected chi connectivity index (χ3v) is 6.99. The SMILES string of the molecule is Cc1ccc(S(=O)(=O)Nc2ccc(C(=O)NC(c3ccccc3)c3ccccc3)cc2C)cc1. The molecule has 0 aliphatic carbocycles. The molecule has 1 amide bonds. The molecule has 0 aromatic heterocycles. The second kappa shape index (κ2) is 9.93. The molecule has 0 saturated heterocycles. The van der Waals surface area contributed by atoms with E-state index >= 15 is 0 Å². The van der Waals surface area contributed by atoms with Crippen LogP contribution in [-0.2, 0) is 10.0 Å². The number of rotatable bonds is 7. The van der Waals surface area contributed by atoms with Gasteiger partial charge in [-0.05, 0) is 60.9 Å². The molecule has 4 aromatic carbocycles. The highest BCUT2D eigenvalue weighted by Crippen LogP contribution is 2.24. The number of carbonyl (C=O) groups excluding carboxylic acids is 1. The van der Waals surface area contributed by atoms with Crippen molar-refractivity contribution in [2.24, 2.45) is 0 Å². The van der Waals surface area contributed by atoms with Crippen LogP contribution in [0.15, 0.2) is 108 Å². The first-order valence-corrected chi connectivity index (χ1v) is 12.4. The molecule has 0 spiro atoms. The molecule has 2 N–H and O–H groups in total. The van der Waals surface area contributed by atoms with Crippen molar-refractivity contribution in [1.82, 2.24) is 5.32 Å². The van der Waals surface area contributed by atoms with Crippen molar-refractivity contribution in [3.8, 4) is 0 Å². The van der Waals surface area contributed by atoms with Gasteiger partial charge in [0.1, 0.15) is 0 Å². The van der Waals surface area contributed by atoms with Crippen LogP contribution in [0.25, 0.3) is 0 Å². The van der Waals surface area contributed by atoms with E-state index in [1.54, 1.807) is 49.4 Å². The van der Waals surface area contributed by atoms with Crippen LogP contribution in [0.3, 0.4) is 0 Å². The molecule has 0 bridgehead atoms. The van der Waals surface area contributed by atoms with Gasteiger partial charge in [0, 0.05) is 5.56 Å². The van der Waals surface area contributed by atoms with Gasteiger partial charge in [0.15, 0.2) is 0 Å². The second-order valence-corrected chi connectivity index (χ2v) is 9.86. The van der Waals surface area contributed by atoms with E-state index < -0.39 is 10.0 Å². The zero-order valence-corrected chi connectivity index (χ0v) is 19.8. The number of aryl methyl sites for hydroxylation is 2. The van der Waals surface area contributed by atoms with Crippen LogP contribution in [0.4, 0.5) is 5.69 Å². The van der Waals surface area contributed by atoms with Crippen molar-refractivity contribution in [3.05, 3.63) is 131 Å². The van der Waals surface area contributed by atoms with E-state index in [0.717, 1.165) is 16.7 Å². The van der Waals surface area contributed by atoms with E-state index in [4.69, 9.17) is 0 Å². The van der Waals surface area contributed by atoms with E-state index in [1.807, 2.05) is 67.6 Å². The van der Waals surface area contributed by atoms with E-state index in [9.17, 15) is 13.2 Å². The van der Waals surface area contributed by atoms with Gasteiger partial charge >= 0.3 is 0 Å². The van der Waals surface area contributed by atoms with Crippen LogP contribution in [-0.4, -0.2) is 14.3 Å². The molecular formula is C28H26N2O3S. The van der Waals surface area contributed by atoms with Crippen molar-refractivity contribution in [1.29, 1.82) is 0 Å². The molecule has 0 atom stereocenters. The van der Waals surface area contributed by atoms with Crippen molar-refractivity contribution in [2.75, 3.05) is 4.72 Å². The van der Waals surface area contributed by atoms with Crippen LogP contribution in [0, 0.1) is 13.8 Å². The van der Waals surface area contributed by atoms with Gasteiger partial charge < -0.3 is 5.32 Å². The highest BCUT2D eigenvalue weighted by Gasteiger charge is 2.19. The van der Waals surface area contributed by atoms with Gasteiger partial charge in [-0.15, -0.1) is 0 Å². The maximum atomic E-state index is 13.2. The van der Waals surface area contributed by atoms with Crippen molar-refractivity contribution in [2.45, 2.75) is 24.8 Å². The lowest BCUT2D eigenvalue weighted by Crippen LogP contribution is -2.29. The fourth-order valence-corrected chi connectivity index (χ4v) is 4.84. The average Bonchev–Trinajstić information content (AvgIpc) is 2.85. The van der Waals surface area contributed by atoms with Gasteiger partial charge in [-0.25, -0.2) is 8.42 Å². The Balaban J connectivity index is 1.56. The summed E-state index contributed by atoms with van der Waals surface area (Å²) in [6.07, 6.45) is 0. The summed E-state index contributed by atoms with van der Waals surface area (Å²) in [5.74, 6) is -0.242. The molecule has 172 valence electrons. The number of anilines is 1. The third-order valence-electron chi connectivity index (χ3n) is 5.61. The van der Waals surface area contributed by atoms with E-state index in [0.29, 0.717) is 16.8 Å². The molecular weight excluding hydrogens is 444 g/mol. The minimum atomic E-state index is -3.73. The van der Waals surface area contributed by atoms with Crippen LogP contribution in [0.1, 0.15) is 38.7 Å². The number of carbonyl (C=O) groups is 1. The molecule has 5 nitrogen and oxygen atoms in total. The smallest absolute Gasteiger partial charge is 0.261 e. The summed E-state index contributed by atoms with van der Waals surface area (Å²) >= 11 is 0. The monoisotopic (exact) mass is 470 g/mol. The summed E-state index contributed by atoms with van der Waals surface area (Å²) in [6.45, 7) is 3.67. The summed E-state index contributed by atoms with van der Waals surface area (Å²) in [5, 5.41) is 3.11. The number of sulfonamides is 1. The lowest BCUT2D eigenvalue weighted by Gasteiger charge is -2.20.